The highest BCUT2D eigenvalue weighted by Gasteiger charge is 2.23. The fourth-order valence-corrected chi connectivity index (χ4v) is 2.85. The molecule has 0 amide bonds. The van der Waals surface area contributed by atoms with Crippen molar-refractivity contribution in [2.75, 3.05) is 12.3 Å². The summed E-state index contributed by atoms with van der Waals surface area (Å²) in [4.78, 5) is 0. The molecule has 16 heavy (non-hydrogen) atoms. The topological polar surface area (TPSA) is 66.4 Å². The van der Waals surface area contributed by atoms with E-state index < -0.39 is 9.84 Å². The van der Waals surface area contributed by atoms with Crippen LogP contribution in [0, 0.1) is 0 Å². The van der Waals surface area contributed by atoms with Gasteiger partial charge in [-0.15, -0.1) is 0 Å². The Morgan fingerprint density at radius 2 is 1.94 bits per heavy atom. The molecule has 0 heterocycles. The molecule has 2 N–H and O–H groups in total. The summed E-state index contributed by atoms with van der Waals surface area (Å²) in [6.07, 6.45) is 3.66. The van der Waals surface area contributed by atoms with Gasteiger partial charge in [-0.05, 0) is 26.7 Å². The second-order valence-electron chi connectivity index (χ2n) is 4.83. The van der Waals surface area contributed by atoms with E-state index in [0.29, 0.717) is 6.54 Å². The lowest BCUT2D eigenvalue weighted by Crippen LogP contribution is -2.44. The monoisotopic (exact) mass is 249 g/mol. The van der Waals surface area contributed by atoms with Crippen molar-refractivity contribution < 1.29 is 13.5 Å². The van der Waals surface area contributed by atoms with Crippen LogP contribution in [0.2, 0.25) is 0 Å². The minimum Gasteiger partial charge on any atom is -0.392 e. The Balaban J connectivity index is 2.30. The minimum absolute atomic E-state index is 0.0797. The fraction of sp³-hybridized carbons (Fsp3) is 1.00. The molecular formula is C11H23NO3S. The fourth-order valence-electron chi connectivity index (χ4n) is 1.97. The summed E-state index contributed by atoms with van der Waals surface area (Å²) < 4.78 is 23.1. The summed E-state index contributed by atoms with van der Waals surface area (Å²) in [6.45, 7) is 3.85. The third kappa shape index (κ3) is 4.03. The first-order valence-electron chi connectivity index (χ1n) is 6.06. The first-order chi connectivity index (χ1) is 7.43. The molecule has 0 radical (unpaired) electrons. The Bertz CT molecular complexity index is 300. The lowest BCUT2D eigenvalue weighted by Gasteiger charge is -2.28. The van der Waals surface area contributed by atoms with Crippen LogP contribution in [0.25, 0.3) is 0 Å². The van der Waals surface area contributed by atoms with Gasteiger partial charge in [0.05, 0.1) is 17.1 Å². The molecule has 0 bridgehead atoms. The van der Waals surface area contributed by atoms with Crippen molar-refractivity contribution in [2.45, 2.75) is 56.9 Å². The van der Waals surface area contributed by atoms with Gasteiger partial charge in [-0.25, -0.2) is 8.42 Å². The third-order valence-corrected chi connectivity index (χ3v) is 5.45. The first-order valence-corrected chi connectivity index (χ1v) is 7.78. The number of nitrogens with one attached hydrogen (secondary N) is 1. The average molecular weight is 249 g/mol. The number of rotatable bonds is 5. The van der Waals surface area contributed by atoms with Gasteiger partial charge < -0.3 is 10.4 Å². The van der Waals surface area contributed by atoms with E-state index in [2.05, 4.69) is 5.32 Å². The molecule has 0 aliphatic heterocycles. The van der Waals surface area contributed by atoms with Crippen molar-refractivity contribution in [1.82, 2.24) is 5.32 Å². The number of hydrogen-bond donors (Lipinski definition) is 2. The van der Waals surface area contributed by atoms with Crippen LogP contribution in [0.4, 0.5) is 0 Å². The highest BCUT2D eigenvalue weighted by molar-refractivity contribution is 7.92. The maximum Gasteiger partial charge on any atom is 0.153 e. The molecule has 1 fully saturated rings. The summed E-state index contributed by atoms with van der Waals surface area (Å²) in [5.41, 5.74) is 0. The van der Waals surface area contributed by atoms with Crippen LogP contribution in [0.1, 0.15) is 39.5 Å². The van der Waals surface area contributed by atoms with E-state index >= 15 is 0 Å². The van der Waals surface area contributed by atoms with Crippen LogP contribution >= 0.6 is 0 Å². The molecule has 0 spiro atoms. The van der Waals surface area contributed by atoms with Gasteiger partial charge in [0.2, 0.25) is 0 Å². The van der Waals surface area contributed by atoms with Crippen molar-refractivity contribution in [1.29, 1.82) is 0 Å². The lowest BCUT2D eigenvalue weighted by molar-refractivity contribution is 0.0921. The van der Waals surface area contributed by atoms with Gasteiger partial charge in [-0.1, -0.05) is 12.8 Å². The Morgan fingerprint density at radius 3 is 2.50 bits per heavy atom. The van der Waals surface area contributed by atoms with Gasteiger partial charge in [-0.2, -0.15) is 0 Å². The van der Waals surface area contributed by atoms with E-state index in [0.717, 1.165) is 25.7 Å². The highest BCUT2D eigenvalue weighted by Crippen LogP contribution is 2.18. The van der Waals surface area contributed by atoms with Gasteiger partial charge in [0, 0.05) is 12.6 Å². The van der Waals surface area contributed by atoms with Crippen LogP contribution in [0.3, 0.4) is 0 Å². The molecule has 2 unspecified atom stereocenters. The Labute approximate surface area is 98.4 Å². The SMILES string of the molecule is CC(C)S(=O)(=O)CCNC1CCCCC1O. The normalized spacial score (nSPS) is 27.2. The molecule has 1 rings (SSSR count). The Morgan fingerprint density at radius 1 is 1.31 bits per heavy atom. The second kappa shape index (κ2) is 5.98. The summed E-state index contributed by atoms with van der Waals surface area (Å²) in [5.74, 6) is 0.161. The Kier molecular flexibility index (Phi) is 5.21. The number of hydrogen-bond acceptors (Lipinski definition) is 4. The molecule has 0 aromatic carbocycles. The van der Waals surface area contributed by atoms with Crippen LogP contribution in [-0.4, -0.2) is 43.2 Å². The van der Waals surface area contributed by atoms with Gasteiger partial charge in [-0.3, -0.25) is 0 Å². The minimum atomic E-state index is -2.96. The predicted octanol–water partition coefficient (Wildman–Crippen LogP) is 0.703. The molecule has 1 aliphatic rings. The molecule has 2 atom stereocenters. The summed E-state index contributed by atoms with van der Waals surface area (Å²) >= 11 is 0. The second-order valence-corrected chi connectivity index (χ2v) is 7.50. The molecule has 0 aromatic rings. The van der Waals surface area contributed by atoms with E-state index in [-0.39, 0.29) is 23.1 Å². The quantitative estimate of drug-likeness (QED) is 0.753. The largest absolute Gasteiger partial charge is 0.392 e. The predicted molar refractivity (Wildman–Crippen MR) is 65.2 cm³/mol. The maximum atomic E-state index is 11.6. The van der Waals surface area contributed by atoms with Crippen molar-refractivity contribution in [3.05, 3.63) is 0 Å². The summed E-state index contributed by atoms with van der Waals surface area (Å²) in [7, 11) is -2.96. The van der Waals surface area contributed by atoms with Crippen molar-refractivity contribution in [3.8, 4) is 0 Å². The molecule has 4 nitrogen and oxygen atoms in total. The van der Waals surface area contributed by atoms with Gasteiger partial charge in [0.25, 0.3) is 0 Å². The van der Waals surface area contributed by atoms with Crippen molar-refractivity contribution in [3.63, 3.8) is 0 Å². The van der Waals surface area contributed by atoms with Gasteiger partial charge >= 0.3 is 0 Å². The maximum absolute atomic E-state index is 11.6. The molecule has 0 aromatic heterocycles. The molecule has 5 heteroatoms. The smallest absolute Gasteiger partial charge is 0.153 e. The van der Waals surface area contributed by atoms with Gasteiger partial charge in [0.15, 0.2) is 9.84 Å². The van der Waals surface area contributed by atoms with Gasteiger partial charge in [0.1, 0.15) is 0 Å². The number of aliphatic hydroxyl groups is 1. The molecule has 1 saturated carbocycles. The standard InChI is InChI=1S/C11H23NO3S/c1-9(2)16(14,15)8-7-12-10-5-3-4-6-11(10)13/h9-13H,3-8H2,1-2H3. The molecule has 96 valence electrons. The van der Waals surface area contributed by atoms with Crippen LogP contribution < -0.4 is 5.32 Å². The van der Waals surface area contributed by atoms with Crippen LogP contribution in [0.5, 0.6) is 0 Å². The Hall–Kier alpha value is -0.130. The molecule has 0 saturated heterocycles. The van der Waals surface area contributed by atoms with E-state index in [1.807, 2.05) is 0 Å². The average Bonchev–Trinajstić information content (AvgIpc) is 2.20. The van der Waals surface area contributed by atoms with E-state index in [4.69, 9.17) is 0 Å². The molecule has 1 aliphatic carbocycles. The van der Waals surface area contributed by atoms with E-state index in [1.165, 1.54) is 0 Å². The summed E-state index contributed by atoms with van der Waals surface area (Å²) in [6, 6.07) is 0.0797. The van der Waals surface area contributed by atoms with E-state index in [9.17, 15) is 13.5 Å². The zero-order valence-corrected chi connectivity index (χ0v) is 11.0. The van der Waals surface area contributed by atoms with Crippen LogP contribution in [-0.2, 0) is 9.84 Å². The highest BCUT2D eigenvalue weighted by atomic mass is 32.2. The third-order valence-electron chi connectivity index (χ3n) is 3.24. The van der Waals surface area contributed by atoms with Crippen LogP contribution in [0.15, 0.2) is 0 Å². The number of sulfone groups is 1. The van der Waals surface area contributed by atoms with E-state index in [1.54, 1.807) is 13.8 Å². The van der Waals surface area contributed by atoms with Crippen molar-refractivity contribution in [2.24, 2.45) is 0 Å². The zero-order valence-electron chi connectivity index (χ0n) is 10.1. The zero-order chi connectivity index (χ0) is 12.2. The lowest BCUT2D eigenvalue weighted by atomic mass is 9.93. The first kappa shape index (κ1) is 13.9. The van der Waals surface area contributed by atoms with Crippen molar-refractivity contribution >= 4 is 9.84 Å². The number of aliphatic hydroxyl groups excluding tert-OH is 1. The summed E-state index contributed by atoms with van der Waals surface area (Å²) in [5, 5.41) is 12.5. The molecular weight excluding hydrogens is 226 g/mol.